The molecule has 7 N–H and O–H groups in total. The first-order chi connectivity index (χ1) is 27.8. The van der Waals surface area contributed by atoms with Crippen molar-refractivity contribution in [2.45, 2.75) is 71.9 Å². The van der Waals surface area contributed by atoms with Crippen LogP contribution in [0.3, 0.4) is 0 Å². The van der Waals surface area contributed by atoms with Gasteiger partial charge in [0.25, 0.3) is 0 Å². The largest absolute Gasteiger partial charge is 0.362 e. The maximum atomic E-state index is 5.30. The average molecular weight is 797 g/mol. The molecule has 18 nitrogen and oxygen atoms in total. The molecular weight excluding hydrogens is 733 g/mol. The minimum Gasteiger partial charge on any atom is -0.362 e. The Labute approximate surface area is 343 Å². The van der Waals surface area contributed by atoms with Crippen molar-refractivity contribution in [2.75, 3.05) is 75.0 Å². The maximum Gasteiger partial charge on any atom is 0.203 e. The Hall–Kier alpha value is -5.94. The van der Waals surface area contributed by atoms with Crippen molar-refractivity contribution in [2.24, 2.45) is 30.0 Å². The molecule has 3 aliphatic rings. The highest BCUT2D eigenvalue weighted by Crippen LogP contribution is 2.15. The zero-order valence-electron chi connectivity index (χ0n) is 36.0. The molecule has 0 radical (unpaired) electrons. The highest BCUT2D eigenvalue weighted by molar-refractivity contribution is 6.02. The molecule has 3 atom stereocenters. The molecule has 0 spiro atoms. The third kappa shape index (κ3) is 11.3. The molecule has 3 unspecified atom stereocenters. The maximum absolute atomic E-state index is 5.30. The highest BCUT2D eigenvalue weighted by Gasteiger charge is 2.29. The van der Waals surface area contributed by atoms with E-state index in [9.17, 15) is 0 Å². The molecule has 18 heteroatoms. The van der Waals surface area contributed by atoms with E-state index in [2.05, 4.69) is 120 Å². The molecule has 0 amide bonds. The van der Waals surface area contributed by atoms with E-state index in [0.717, 1.165) is 84.9 Å². The number of hydrogen-bond donors (Lipinski definition) is 7. The number of H-pyrrole nitrogens is 3. The second-order valence-electron chi connectivity index (χ2n) is 15.7. The summed E-state index contributed by atoms with van der Waals surface area (Å²) in [4.78, 5) is 50.8. The molecule has 0 saturated carbocycles. The van der Waals surface area contributed by atoms with Crippen molar-refractivity contribution in [1.82, 2.24) is 60.7 Å². The van der Waals surface area contributed by atoms with Crippen LogP contribution in [-0.4, -0.2) is 169 Å². The SMILES string of the molecule is CN=C1NC(N(C)CCc2ccc(C)[nH]2)=NC(CN(CCc2ccc(C)[nH]2)C2=NC(CCN(CCc3ccc(C)[nH]3)C3=NC(C)N=C(N(C)C)N3)N=C(N(C)C)N2)N1. The number of aryl methyl sites for hydroxylation is 3. The Bertz CT molecular complexity index is 2010. The number of aliphatic imine (C=N–C) groups is 6. The molecule has 6 heterocycles. The van der Waals surface area contributed by atoms with Crippen LogP contribution in [0, 0.1) is 20.8 Å². The summed E-state index contributed by atoms with van der Waals surface area (Å²) in [6, 6.07) is 12.8. The second-order valence-corrected chi connectivity index (χ2v) is 15.7. The summed E-state index contributed by atoms with van der Waals surface area (Å²) in [6.45, 7) is 11.7. The van der Waals surface area contributed by atoms with Gasteiger partial charge in [-0.2, -0.15) is 0 Å². The summed E-state index contributed by atoms with van der Waals surface area (Å²) in [5.41, 5.74) is 7.00. The number of rotatable bonds is 14. The molecule has 0 bridgehead atoms. The number of guanidine groups is 6. The minimum absolute atomic E-state index is 0.198. The summed E-state index contributed by atoms with van der Waals surface area (Å²) in [7, 11) is 11.8. The van der Waals surface area contributed by atoms with Crippen molar-refractivity contribution in [1.29, 1.82) is 0 Å². The summed E-state index contributed by atoms with van der Waals surface area (Å²) in [5, 5.41) is 13.9. The fraction of sp³-hybridized carbons (Fsp3) is 0.550. The summed E-state index contributed by atoms with van der Waals surface area (Å²) in [5.74, 6) is 4.55. The molecule has 314 valence electrons. The van der Waals surface area contributed by atoms with Gasteiger partial charge in [-0.3, -0.25) is 20.9 Å². The van der Waals surface area contributed by atoms with E-state index in [1.54, 1.807) is 7.05 Å². The Kier molecular flexibility index (Phi) is 13.7. The predicted octanol–water partition coefficient (Wildman–Crippen LogP) is 1.84. The molecule has 3 aromatic heterocycles. The van der Waals surface area contributed by atoms with E-state index in [4.69, 9.17) is 25.0 Å². The Morgan fingerprint density at radius 1 is 0.569 bits per heavy atom. The van der Waals surface area contributed by atoms with Gasteiger partial charge in [0.15, 0.2) is 5.96 Å². The number of likely N-dealkylation sites (N-methyl/N-ethyl adjacent to an activating group) is 1. The molecule has 0 saturated heterocycles. The number of aromatic amines is 3. The van der Waals surface area contributed by atoms with E-state index in [1.165, 1.54) is 11.4 Å². The molecular formula is C40H64N18. The molecule has 0 aromatic carbocycles. The number of aromatic nitrogens is 3. The minimum atomic E-state index is -0.335. The molecule has 58 heavy (non-hydrogen) atoms. The smallest absolute Gasteiger partial charge is 0.203 e. The van der Waals surface area contributed by atoms with Gasteiger partial charge in [-0.05, 0) is 64.1 Å². The molecule has 6 rings (SSSR count). The molecule has 3 aromatic rings. The van der Waals surface area contributed by atoms with E-state index in [-0.39, 0.29) is 18.5 Å². The normalized spacial score (nSPS) is 19.7. The van der Waals surface area contributed by atoms with Crippen molar-refractivity contribution in [3.63, 3.8) is 0 Å². The number of hydrogen-bond acceptors (Lipinski definition) is 13. The van der Waals surface area contributed by atoms with Crippen LogP contribution in [0.2, 0.25) is 0 Å². The van der Waals surface area contributed by atoms with Crippen molar-refractivity contribution in [3.05, 3.63) is 70.6 Å². The monoisotopic (exact) mass is 797 g/mol. The van der Waals surface area contributed by atoms with E-state index in [1.807, 2.05) is 44.9 Å². The van der Waals surface area contributed by atoms with Gasteiger partial charge in [0.1, 0.15) is 18.5 Å². The van der Waals surface area contributed by atoms with Gasteiger partial charge in [0, 0.05) is 128 Å². The Morgan fingerprint density at radius 2 is 1.07 bits per heavy atom. The molecule has 0 fully saturated rings. The van der Waals surface area contributed by atoms with Crippen LogP contribution < -0.4 is 21.3 Å². The topological polar surface area (TPSA) is 186 Å². The molecule has 3 aliphatic heterocycles. The van der Waals surface area contributed by atoms with Crippen LogP contribution in [0.15, 0.2) is 66.4 Å². The lowest BCUT2D eigenvalue weighted by atomic mass is 10.2. The zero-order valence-corrected chi connectivity index (χ0v) is 36.0. The summed E-state index contributed by atoms with van der Waals surface area (Å²) in [6.07, 6.45) is 2.35. The third-order valence-electron chi connectivity index (χ3n) is 10.2. The first-order valence-corrected chi connectivity index (χ1v) is 20.2. The van der Waals surface area contributed by atoms with Crippen molar-refractivity contribution >= 4 is 35.8 Å². The summed E-state index contributed by atoms with van der Waals surface area (Å²) < 4.78 is 0. The quantitative estimate of drug-likeness (QED) is 0.128. The van der Waals surface area contributed by atoms with Crippen molar-refractivity contribution < 1.29 is 0 Å². The van der Waals surface area contributed by atoms with Crippen LogP contribution >= 0.6 is 0 Å². The van der Waals surface area contributed by atoms with Crippen LogP contribution in [0.25, 0.3) is 0 Å². The van der Waals surface area contributed by atoms with Crippen LogP contribution in [0.4, 0.5) is 0 Å². The van der Waals surface area contributed by atoms with Gasteiger partial charge in [-0.1, -0.05) is 0 Å². The number of nitrogens with zero attached hydrogens (tertiary/aromatic N) is 11. The summed E-state index contributed by atoms with van der Waals surface area (Å²) >= 11 is 0. The van der Waals surface area contributed by atoms with Gasteiger partial charge in [-0.15, -0.1) is 0 Å². The van der Waals surface area contributed by atoms with Crippen molar-refractivity contribution in [3.8, 4) is 0 Å². The van der Waals surface area contributed by atoms with E-state index >= 15 is 0 Å². The van der Waals surface area contributed by atoms with Gasteiger partial charge < -0.3 is 44.8 Å². The lowest BCUT2D eigenvalue weighted by Crippen LogP contribution is -2.60. The lowest BCUT2D eigenvalue weighted by Gasteiger charge is -2.36. The van der Waals surface area contributed by atoms with Crippen LogP contribution in [0.1, 0.15) is 47.5 Å². The fourth-order valence-electron chi connectivity index (χ4n) is 6.96. The second kappa shape index (κ2) is 19.0. The Balaban J connectivity index is 1.24. The highest BCUT2D eigenvalue weighted by atomic mass is 15.5. The standard InChI is InChI=1S/C40H64N18/c1-26-11-14-30(42-26)17-21-56(10)38-50-34(47-35(41-5)51-38)25-58(23-19-32-16-13-28(3)44-32)40-49-33(48-37(53-40)55(8)9)20-24-57(22-18-31-15-12-27(2)43-31)39-46-29(4)45-36(52-39)54(6)7/h11-16,29,33-34,42-44H,17-25H2,1-10H3,(H,45,46,52)(H,48,49,53)(H2,41,47,50,51). The lowest BCUT2D eigenvalue weighted by molar-refractivity contribution is 0.348. The van der Waals surface area contributed by atoms with Gasteiger partial charge in [0.05, 0.1) is 6.54 Å². The van der Waals surface area contributed by atoms with Gasteiger partial charge >= 0.3 is 0 Å². The predicted molar refractivity (Wildman–Crippen MR) is 236 cm³/mol. The average Bonchev–Trinajstić information content (AvgIpc) is 3.95. The zero-order chi connectivity index (χ0) is 41.3. The van der Waals surface area contributed by atoms with Gasteiger partial charge in [0.2, 0.25) is 29.8 Å². The first-order valence-electron chi connectivity index (χ1n) is 20.2. The van der Waals surface area contributed by atoms with Crippen LogP contribution in [-0.2, 0) is 19.3 Å². The van der Waals surface area contributed by atoms with E-state index < -0.39 is 0 Å². The third-order valence-corrected chi connectivity index (χ3v) is 10.2. The van der Waals surface area contributed by atoms with Crippen LogP contribution in [0.5, 0.6) is 0 Å². The Morgan fingerprint density at radius 3 is 1.60 bits per heavy atom. The molecule has 0 aliphatic carbocycles. The fourth-order valence-corrected chi connectivity index (χ4v) is 6.96. The van der Waals surface area contributed by atoms with Gasteiger partial charge in [-0.25, -0.2) is 25.0 Å². The first kappa shape index (κ1) is 41.7. The van der Waals surface area contributed by atoms with E-state index in [0.29, 0.717) is 32.0 Å². The number of nitrogens with one attached hydrogen (secondary N) is 7.